The van der Waals surface area contributed by atoms with Crippen molar-refractivity contribution in [2.75, 3.05) is 6.54 Å². The molecule has 1 aromatic rings. The molecule has 0 aliphatic heterocycles. The van der Waals surface area contributed by atoms with Crippen molar-refractivity contribution >= 4 is 22.9 Å². The molecule has 0 fully saturated rings. The quantitative estimate of drug-likeness (QED) is 0.829. The van der Waals surface area contributed by atoms with Crippen molar-refractivity contribution in [1.29, 1.82) is 0 Å². The first-order valence-electron chi connectivity index (χ1n) is 3.47. The summed E-state index contributed by atoms with van der Waals surface area (Å²) in [6.07, 6.45) is -4.29. The Bertz CT molecular complexity index is 284. The zero-order chi connectivity index (χ0) is 10.1. The Morgan fingerprint density at radius 1 is 1.46 bits per heavy atom. The number of hydrogen-bond acceptors (Lipinski definition) is 2. The molecule has 1 unspecified atom stereocenters. The van der Waals surface area contributed by atoms with Crippen molar-refractivity contribution in [1.82, 2.24) is 0 Å². The second-order valence-corrected chi connectivity index (χ2v) is 4.22. The lowest BCUT2D eigenvalue weighted by Crippen LogP contribution is -2.27. The number of halogens is 4. The molecule has 0 saturated heterocycles. The first-order valence-corrected chi connectivity index (χ1v) is 4.66. The van der Waals surface area contributed by atoms with Crippen LogP contribution in [0.15, 0.2) is 12.1 Å². The van der Waals surface area contributed by atoms with Gasteiger partial charge in [0.15, 0.2) is 0 Å². The zero-order valence-electron chi connectivity index (χ0n) is 6.44. The van der Waals surface area contributed by atoms with Crippen LogP contribution in [0.3, 0.4) is 0 Å². The van der Waals surface area contributed by atoms with Crippen molar-refractivity contribution in [3.8, 4) is 0 Å². The van der Waals surface area contributed by atoms with Crippen molar-refractivity contribution < 1.29 is 13.2 Å². The van der Waals surface area contributed by atoms with E-state index >= 15 is 0 Å². The Morgan fingerprint density at radius 2 is 2.08 bits per heavy atom. The summed E-state index contributed by atoms with van der Waals surface area (Å²) < 4.78 is 37.2. The van der Waals surface area contributed by atoms with Crippen molar-refractivity contribution in [2.45, 2.75) is 12.1 Å². The summed E-state index contributed by atoms with van der Waals surface area (Å²) in [5.74, 6) is -1.59. The molecule has 1 heterocycles. The van der Waals surface area contributed by atoms with Crippen molar-refractivity contribution in [3.05, 3.63) is 21.3 Å². The van der Waals surface area contributed by atoms with Gasteiger partial charge in [-0.1, -0.05) is 11.6 Å². The van der Waals surface area contributed by atoms with Gasteiger partial charge in [-0.15, -0.1) is 11.3 Å². The molecule has 1 atom stereocenters. The number of hydrogen-bond donors (Lipinski definition) is 1. The van der Waals surface area contributed by atoms with E-state index in [0.717, 1.165) is 11.3 Å². The van der Waals surface area contributed by atoms with E-state index in [-0.39, 0.29) is 4.88 Å². The highest BCUT2D eigenvalue weighted by atomic mass is 35.5. The Morgan fingerprint density at radius 3 is 2.38 bits per heavy atom. The molecule has 1 nitrogen and oxygen atoms in total. The van der Waals surface area contributed by atoms with Crippen LogP contribution in [0.5, 0.6) is 0 Å². The molecule has 0 amide bonds. The Balaban J connectivity index is 2.91. The molecule has 0 radical (unpaired) electrons. The number of alkyl halides is 3. The molecule has 74 valence electrons. The van der Waals surface area contributed by atoms with Gasteiger partial charge in [-0.3, -0.25) is 0 Å². The number of thiophene rings is 1. The minimum absolute atomic E-state index is 0.167. The van der Waals surface area contributed by atoms with Gasteiger partial charge in [0.2, 0.25) is 0 Å². The molecule has 0 spiro atoms. The molecule has 0 aromatic carbocycles. The molecule has 0 saturated carbocycles. The maximum Gasteiger partial charge on any atom is 0.397 e. The summed E-state index contributed by atoms with van der Waals surface area (Å²) >= 11 is 6.43. The second-order valence-electron chi connectivity index (χ2n) is 2.47. The maximum atomic E-state index is 12.3. The summed E-state index contributed by atoms with van der Waals surface area (Å²) in [6, 6.07) is 2.80. The summed E-state index contributed by atoms with van der Waals surface area (Å²) in [5.41, 5.74) is 5.04. The van der Waals surface area contributed by atoms with Crippen LogP contribution in [0.25, 0.3) is 0 Å². The van der Waals surface area contributed by atoms with Gasteiger partial charge < -0.3 is 5.73 Å². The van der Waals surface area contributed by atoms with Gasteiger partial charge in [0.05, 0.1) is 4.34 Å². The molecule has 0 aliphatic rings. The highest BCUT2D eigenvalue weighted by Crippen LogP contribution is 2.38. The largest absolute Gasteiger partial charge is 0.397 e. The van der Waals surface area contributed by atoms with Crippen LogP contribution in [0.4, 0.5) is 13.2 Å². The van der Waals surface area contributed by atoms with Crippen LogP contribution < -0.4 is 5.73 Å². The van der Waals surface area contributed by atoms with E-state index in [1.54, 1.807) is 0 Å². The van der Waals surface area contributed by atoms with E-state index in [9.17, 15) is 13.2 Å². The van der Waals surface area contributed by atoms with Crippen LogP contribution in [-0.2, 0) is 0 Å². The van der Waals surface area contributed by atoms with Crippen molar-refractivity contribution in [3.63, 3.8) is 0 Å². The predicted molar refractivity (Wildman–Crippen MR) is 47.2 cm³/mol. The fourth-order valence-electron chi connectivity index (χ4n) is 0.927. The van der Waals surface area contributed by atoms with E-state index in [1.807, 2.05) is 0 Å². The fraction of sp³-hybridized carbons (Fsp3) is 0.429. The highest BCUT2D eigenvalue weighted by Gasteiger charge is 2.40. The summed E-state index contributed by atoms with van der Waals surface area (Å²) in [7, 11) is 0. The average molecular weight is 230 g/mol. The lowest BCUT2D eigenvalue weighted by molar-refractivity contribution is -0.147. The van der Waals surface area contributed by atoms with Crippen LogP contribution in [-0.4, -0.2) is 12.7 Å². The molecule has 1 aromatic heterocycles. The lowest BCUT2D eigenvalue weighted by atomic mass is 10.1. The van der Waals surface area contributed by atoms with Gasteiger partial charge in [-0.25, -0.2) is 0 Å². The third-order valence-electron chi connectivity index (χ3n) is 1.57. The predicted octanol–water partition coefficient (Wildman–Crippen LogP) is 3.01. The van der Waals surface area contributed by atoms with E-state index in [2.05, 4.69) is 0 Å². The smallest absolute Gasteiger partial charge is 0.329 e. The molecule has 13 heavy (non-hydrogen) atoms. The zero-order valence-corrected chi connectivity index (χ0v) is 8.01. The van der Waals surface area contributed by atoms with Gasteiger partial charge in [0.25, 0.3) is 0 Å². The second kappa shape index (κ2) is 3.86. The van der Waals surface area contributed by atoms with Gasteiger partial charge in [0.1, 0.15) is 5.92 Å². The number of rotatable bonds is 2. The Kier molecular flexibility index (Phi) is 3.21. The van der Waals surface area contributed by atoms with E-state index < -0.39 is 18.6 Å². The van der Waals surface area contributed by atoms with Gasteiger partial charge in [-0.05, 0) is 12.1 Å². The van der Waals surface area contributed by atoms with Crippen LogP contribution in [0.2, 0.25) is 4.34 Å². The van der Waals surface area contributed by atoms with E-state index in [4.69, 9.17) is 17.3 Å². The average Bonchev–Trinajstić information content (AvgIpc) is 2.34. The fourth-order valence-corrected chi connectivity index (χ4v) is 2.13. The third kappa shape index (κ3) is 2.59. The van der Waals surface area contributed by atoms with Crippen molar-refractivity contribution in [2.24, 2.45) is 5.73 Å². The first-order chi connectivity index (χ1) is 5.95. The molecule has 1 rings (SSSR count). The Labute approximate surface area is 82.3 Å². The summed E-state index contributed by atoms with van der Waals surface area (Å²) in [6.45, 7) is -0.444. The van der Waals surface area contributed by atoms with E-state index in [0.29, 0.717) is 4.34 Å². The van der Waals surface area contributed by atoms with Crippen LogP contribution in [0, 0.1) is 0 Å². The maximum absolute atomic E-state index is 12.3. The highest BCUT2D eigenvalue weighted by molar-refractivity contribution is 7.16. The molecule has 0 aliphatic carbocycles. The third-order valence-corrected chi connectivity index (χ3v) is 2.91. The summed E-state index contributed by atoms with van der Waals surface area (Å²) in [4.78, 5) is 0.167. The van der Waals surface area contributed by atoms with Gasteiger partial charge in [0, 0.05) is 11.4 Å². The molecule has 2 N–H and O–H groups in total. The first kappa shape index (κ1) is 10.8. The minimum atomic E-state index is -4.29. The lowest BCUT2D eigenvalue weighted by Gasteiger charge is -2.16. The number of nitrogens with two attached hydrogens (primary N) is 1. The topological polar surface area (TPSA) is 26.0 Å². The SMILES string of the molecule is NCC(c1ccc(Cl)s1)C(F)(F)F. The molecular weight excluding hydrogens is 223 g/mol. The molecular formula is C7H7ClF3NS. The summed E-state index contributed by atoms with van der Waals surface area (Å²) in [5, 5.41) is 0. The van der Waals surface area contributed by atoms with Gasteiger partial charge in [-0.2, -0.15) is 13.2 Å². The van der Waals surface area contributed by atoms with Gasteiger partial charge >= 0.3 is 6.18 Å². The monoisotopic (exact) mass is 229 g/mol. The normalized spacial score (nSPS) is 14.5. The standard InChI is InChI=1S/C7H7ClF3NS/c8-6-2-1-5(13-6)4(3-12)7(9,10)11/h1-2,4H,3,12H2. The van der Waals surface area contributed by atoms with Crippen LogP contribution >= 0.6 is 22.9 Å². The van der Waals surface area contributed by atoms with Crippen LogP contribution in [0.1, 0.15) is 10.8 Å². The molecule has 6 heteroatoms. The molecule has 0 bridgehead atoms. The van der Waals surface area contributed by atoms with E-state index in [1.165, 1.54) is 12.1 Å². The Hall–Kier alpha value is -0.260. The minimum Gasteiger partial charge on any atom is -0.329 e.